The summed E-state index contributed by atoms with van der Waals surface area (Å²) in [6, 6.07) is 1.82. The highest BCUT2D eigenvalue weighted by Crippen LogP contribution is 2.29. The van der Waals surface area contributed by atoms with Gasteiger partial charge in [-0.1, -0.05) is 117 Å². The zero-order valence-electron chi connectivity index (χ0n) is 19.5. The van der Waals surface area contributed by atoms with Crippen LogP contribution in [-0.2, 0) is 0 Å². The van der Waals surface area contributed by atoms with Crippen LogP contribution in [0.3, 0.4) is 0 Å². The molecule has 0 aromatic carbocycles. The molecule has 1 atom stereocenters. The Morgan fingerprint density at radius 3 is 1.63 bits per heavy atom. The lowest BCUT2D eigenvalue weighted by molar-refractivity contribution is 0.147. The highest BCUT2D eigenvalue weighted by molar-refractivity contribution is 4.85. The molecule has 1 heteroatoms. The van der Waals surface area contributed by atoms with E-state index in [-0.39, 0.29) is 0 Å². The quantitative estimate of drug-likeness (QED) is 0.202. The first kappa shape index (κ1) is 25.0. The van der Waals surface area contributed by atoms with Crippen molar-refractivity contribution >= 4 is 0 Å². The lowest BCUT2D eigenvalue weighted by Crippen LogP contribution is -2.39. The van der Waals surface area contributed by atoms with Gasteiger partial charge in [0.15, 0.2) is 0 Å². The second kappa shape index (κ2) is 18.0. The fourth-order valence-corrected chi connectivity index (χ4v) is 5.08. The summed E-state index contributed by atoms with van der Waals surface area (Å²) in [5.74, 6) is 0. The van der Waals surface area contributed by atoms with E-state index >= 15 is 0 Å². The van der Waals surface area contributed by atoms with E-state index in [2.05, 4.69) is 25.7 Å². The number of hydrogen-bond acceptors (Lipinski definition) is 1. The van der Waals surface area contributed by atoms with Gasteiger partial charge >= 0.3 is 0 Å². The average molecular weight is 380 g/mol. The summed E-state index contributed by atoms with van der Waals surface area (Å²) in [4.78, 5) is 2.99. The van der Waals surface area contributed by atoms with Crippen LogP contribution in [0.4, 0.5) is 0 Å². The van der Waals surface area contributed by atoms with E-state index in [1.807, 2.05) is 0 Å². The number of nitrogens with zero attached hydrogens (tertiary/aromatic N) is 1. The maximum absolute atomic E-state index is 2.99. The fourth-order valence-electron chi connectivity index (χ4n) is 5.08. The van der Waals surface area contributed by atoms with Crippen LogP contribution in [0.15, 0.2) is 0 Å². The van der Waals surface area contributed by atoms with Crippen molar-refractivity contribution in [1.82, 2.24) is 4.90 Å². The minimum absolute atomic E-state index is 0.899. The fraction of sp³-hybridized carbons (Fsp3) is 1.00. The molecule has 0 aromatic rings. The van der Waals surface area contributed by atoms with Crippen LogP contribution in [-0.4, -0.2) is 23.5 Å². The molecule has 0 spiro atoms. The number of hydrogen-bond donors (Lipinski definition) is 0. The van der Waals surface area contributed by atoms with Gasteiger partial charge in [-0.05, 0) is 38.6 Å². The molecule has 1 nitrogen and oxygen atoms in total. The summed E-state index contributed by atoms with van der Waals surface area (Å²) >= 11 is 0. The Bertz CT molecular complexity index is 287. The maximum Gasteiger partial charge on any atom is 0.00986 e. The van der Waals surface area contributed by atoms with Crippen LogP contribution in [0.5, 0.6) is 0 Å². The Labute approximate surface area is 173 Å². The summed E-state index contributed by atoms with van der Waals surface area (Å²) in [7, 11) is 0. The zero-order chi connectivity index (χ0) is 19.6. The van der Waals surface area contributed by atoms with Gasteiger partial charge in [-0.3, -0.25) is 4.90 Å². The number of unbranched alkanes of at least 4 members (excludes halogenated alkanes) is 12. The predicted molar refractivity (Wildman–Crippen MR) is 124 cm³/mol. The van der Waals surface area contributed by atoms with Gasteiger partial charge in [-0.25, -0.2) is 0 Å². The molecule has 0 amide bonds. The van der Waals surface area contributed by atoms with Crippen LogP contribution in [0.2, 0.25) is 0 Å². The highest BCUT2D eigenvalue weighted by Gasteiger charge is 2.29. The van der Waals surface area contributed by atoms with Crippen molar-refractivity contribution in [2.24, 2.45) is 0 Å². The largest absolute Gasteiger partial charge is 0.297 e. The molecule has 1 aliphatic heterocycles. The van der Waals surface area contributed by atoms with Crippen LogP contribution in [0, 0.1) is 0 Å². The molecule has 162 valence electrons. The molecule has 1 heterocycles. The third-order valence-electron chi connectivity index (χ3n) is 6.81. The van der Waals surface area contributed by atoms with E-state index in [0.717, 1.165) is 12.1 Å². The SMILES string of the molecule is CCCCCCCC(CCCCCCC)N1CCCC1CCCCCCC. The molecule has 0 aromatic heterocycles. The minimum atomic E-state index is 0.899. The van der Waals surface area contributed by atoms with E-state index in [1.165, 1.54) is 135 Å². The van der Waals surface area contributed by atoms with Crippen LogP contribution in [0.1, 0.15) is 149 Å². The molecule has 0 saturated carbocycles. The van der Waals surface area contributed by atoms with E-state index in [9.17, 15) is 0 Å². The van der Waals surface area contributed by atoms with Crippen molar-refractivity contribution < 1.29 is 0 Å². The minimum Gasteiger partial charge on any atom is -0.297 e. The van der Waals surface area contributed by atoms with Crippen molar-refractivity contribution in [2.45, 2.75) is 161 Å². The maximum atomic E-state index is 2.99. The zero-order valence-corrected chi connectivity index (χ0v) is 19.5. The van der Waals surface area contributed by atoms with Crippen LogP contribution in [0.25, 0.3) is 0 Å². The van der Waals surface area contributed by atoms with E-state index in [0.29, 0.717) is 0 Å². The topological polar surface area (TPSA) is 3.24 Å². The van der Waals surface area contributed by atoms with Gasteiger partial charge in [0, 0.05) is 12.1 Å². The second-order valence-electron chi connectivity index (χ2n) is 9.30. The first-order valence-corrected chi connectivity index (χ1v) is 13.1. The molecule has 27 heavy (non-hydrogen) atoms. The van der Waals surface area contributed by atoms with E-state index in [1.54, 1.807) is 0 Å². The summed E-state index contributed by atoms with van der Waals surface area (Å²) < 4.78 is 0. The van der Waals surface area contributed by atoms with Gasteiger partial charge in [-0.15, -0.1) is 0 Å². The Morgan fingerprint density at radius 1 is 0.630 bits per heavy atom. The Hall–Kier alpha value is -0.0400. The third kappa shape index (κ3) is 12.2. The molecule has 1 rings (SSSR count). The Morgan fingerprint density at radius 2 is 1.11 bits per heavy atom. The second-order valence-corrected chi connectivity index (χ2v) is 9.30. The lowest BCUT2D eigenvalue weighted by Gasteiger charge is -2.34. The van der Waals surface area contributed by atoms with Crippen molar-refractivity contribution in [3.63, 3.8) is 0 Å². The first-order chi connectivity index (χ1) is 13.3. The van der Waals surface area contributed by atoms with Crippen LogP contribution >= 0.6 is 0 Å². The monoisotopic (exact) mass is 379 g/mol. The van der Waals surface area contributed by atoms with Crippen LogP contribution < -0.4 is 0 Å². The molecule has 0 N–H and O–H groups in total. The molecule has 1 saturated heterocycles. The molecule has 1 aliphatic rings. The van der Waals surface area contributed by atoms with Gasteiger partial charge in [0.1, 0.15) is 0 Å². The first-order valence-electron chi connectivity index (χ1n) is 13.1. The number of likely N-dealkylation sites (tertiary alicyclic amines) is 1. The van der Waals surface area contributed by atoms with Gasteiger partial charge in [0.05, 0.1) is 0 Å². The van der Waals surface area contributed by atoms with Crippen molar-refractivity contribution in [3.05, 3.63) is 0 Å². The molecular weight excluding hydrogens is 326 g/mol. The van der Waals surface area contributed by atoms with Crippen molar-refractivity contribution in [2.75, 3.05) is 6.54 Å². The van der Waals surface area contributed by atoms with E-state index < -0.39 is 0 Å². The van der Waals surface area contributed by atoms with Gasteiger partial charge in [0.2, 0.25) is 0 Å². The third-order valence-corrected chi connectivity index (χ3v) is 6.81. The predicted octanol–water partition coefficient (Wildman–Crippen LogP) is 8.90. The summed E-state index contributed by atoms with van der Waals surface area (Å²) in [6.45, 7) is 8.38. The molecule has 1 unspecified atom stereocenters. The summed E-state index contributed by atoms with van der Waals surface area (Å²) in [6.07, 6.45) is 29.0. The molecule has 0 aliphatic carbocycles. The van der Waals surface area contributed by atoms with Crippen molar-refractivity contribution in [1.29, 1.82) is 0 Å². The summed E-state index contributed by atoms with van der Waals surface area (Å²) in [5, 5.41) is 0. The summed E-state index contributed by atoms with van der Waals surface area (Å²) in [5.41, 5.74) is 0. The normalized spacial score (nSPS) is 18.0. The van der Waals surface area contributed by atoms with Gasteiger partial charge in [-0.2, -0.15) is 0 Å². The molecule has 1 fully saturated rings. The smallest absolute Gasteiger partial charge is 0.00986 e. The average Bonchev–Trinajstić information content (AvgIpc) is 3.14. The van der Waals surface area contributed by atoms with E-state index in [4.69, 9.17) is 0 Å². The lowest BCUT2D eigenvalue weighted by atomic mass is 9.97. The van der Waals surface area contributed by atoms with Gasteiger partial charge < -0.3 is 0 Å². The molecule has 0 radical (unpaired) electrons. The van der Waals surface area contributed by atoms with Gasteiger partial charge in [0.25, 0.3) is 0 Å². The Kier molecular flexibility index (Phi) is 16.7. The standard InChI is InChI=1S/C26H53N/c1-4-7-10-13-16-20-25(21-17-14-11-8-5-2)27-24-19-23-26(27)22-18-15-12-9-6-3/h25-26H,4-24H2,1-3H3. The number of rotatable bonds is 19. The Balaban J connectivity index is 2.39. The molecule has 0 bridgehead atoms. The van der Waals surface area contributed by atoms with Crippen molar-refractivity contribution in [3.8, 4) is 0 Å². The molecular formula is C26H53N. The highest BCUT2D eigenvalue weighted by atomic mass is 15.2.